The molecule has 2 aromatic heterocycles. The van der Waals surface area contributed by atoms with Crippen LogP contribution in [0.1, 0.15) is 23.8 Å². The molecule has 122 valence electrons. The number of hydrogen-bond donors (Lipinski definition) is 2. The number of carbonyl (C=O) groups excluding carboxylic acids is 1. The van der Waals surface area contributed by atoms with Crippen LogP contribution in [0.15, 0.2) is 36.7 Å². The molecule has 0 spiro atoms. The van der Waals surface area contributed by atoms with E-state index in [0.717, 1.165) is 19.5 Å². The van der Waals surface area contributed by atoms with Crippen molar-refractivity contribution >= 4 is 30.7 Å². The normalized spacial score (nSPS) is 9.50. The second-order valence-corrected chi connectivity index (χ2v) is 4.34. The molecule has 0 unspecified atom stereocenters. The summed E-state index contributed by atoms with van der Waals surface area (Å²) >= 11 is 0. The summed E-state index contributed by atoms with van der Waals surface area (Å²) in [5.41, 5.74) is 0.397. The molecule has 0 fully saturated rings. The van der Waals surface area contributed by atoms with Crippen LogP contribution >= 0.6 is 24.8 Å². The van der Waals surface area contributed by atoms with E-state index in [9.17, 15) is 4.79 Å². The molecule has 0 atom stereocenters. The third-order valence-electron chi connectivity index (χ3n) is 2.72. The molecule has 0 aliphatic carbocycles. The molecule has 0 radical (unpaired) electrons. The fourth-order valence-corrected chi connectivity index (χ4v) is 1.74. The molecule has 2 aromatic rings. The number of amides is 1. The van der Waals surface area contributed by atoms with Crippen molar-refractivity contribution in [2.75, 3.05) is 19.6 Å². The summed E-state index contributed by atoms with van der Waals surface area (Å²) in [6.45, 7) is 4.42. The zero-order valence-corrected chi connectivity index (χ0v) is 14.0. The van der Waals surface area contributed by atoms with E-state index < -0.39 is 0 Å². The van der Waals surface area contributed by atoms with Crippen LogP contribution in [0.3, 0.4) is 0 Å². The molecule has 0 aliphatic rings. The molecular formula is C14H21Cl2N5O. The molecule has 2 heterocycles. The minimum absolute atomic E-state index is 0. The van der Waals surface area contributed by atoms with Crippen LogP contribution < -0.4 is 10.6 Å². The molecule has 1 amide bonds. The van der Waals surface area contributed by atoms with Crippen molar-refractivity contribution < 1.29 is 4.79 Å². The summed E-state index contributed by atoms with van der Waals surface area (Å²) < 4.78 is 1.62. The zero-order valence-electron chi connectivity index (χ0n) is 12.4. The van der Waals surface area contributed by atoms with E-state index in [1.54, 1.807) is 29.2 Å². The van der Waals surface area contributed by atoms with Crippen LogP contribution in [0.5, 0.6) is 0 Å². The first-order chi connectivity index (χ1) is 9.81. The Bertz CT molecular complexity index is 548. The molecule has 0 bridgehead atoms. The van der Waals surface area contributed by atoms with Gasteiger partial charge in [-0.2, -0.15) is 5.10 Å². The van der Waals surface area contributed by atoms with Crippen molar-refractivity contribution in [1.29, 1.82) is 0 Å². The van der Waals surface area contributed by atoms with Crippen LogP contribution in [0, 0.1) is 0 Å². The maximum absolute atomic E-state index is 12.0. The van der Waals surface area contributed by atoms with Gasteiger partial charge in [0.05, 0.1) is 0 Å². The highest BCUT2D eigenvalue weighted by atomic mass is 35.5. The van der Waals surface area contributed by atoms with Crippen LogP contribution in [-0.4, -0.2) is 40.3 Å². The van der Waals surface area contributed by atoms with E-state index in [4.69, 9.17) is 0 Å². The second kappa shape index (κ2) is 11.0. The molecular weight excluding hydrogens is 325 g/mol. The van der Waals surface area contributed by atoms with Gasteiger partial charge in [-0.25, -0.2) is 9.67 Å². The molecule has 8 heteroatoms. The molecule has 6 nitrogen and oxygen atoms in total. The molecule has 0 aromatic carbocycles. The van der Waals surface area contributed by atoms with Gasteiger partial charge in [0, 0.05) is 25.5 Å². The summed E-state index contributed by atoms with van der Waals surface area (Å²) in [5, 5.41) is 10.2. The fourth-order valence-electron chi connectivity index (χ4n) is 1.74. The molecule has 2 N–H and O–H groups in total. The zero-order chi connectivity index (χ0) is 14.2. The number of rotatable bonds is 7. The van der Waals surface area contributed by atoms with Gasteiger partial charge >= 0.3 is 0 Å². The van der Waals surface area contributed by atoms with E-state index in [1.807, 2.05) is 12.1 Å². The maximum atomic E-state index is 12.0. The van der Waals surface area contributed by atoms with Gasteiger partial charge in [0.1, 0.15) is 5.69 Å². The quantitative estimate of drug-likeness (QED) is 0.751. The number of hydrogen-bond acceptors (Lipinski definition) is 4. The Hall–Kier alpha value is -1.63. The Kier molecular flexibility index (Phi) is 10.2. The lowest BCUT2D eigenvalue weighted by Crippen LogP contribution is -2.32. The second-order valence-electron chi connectivity index (χ2n) is 4.34. The van der Waals surface area contributed by atoms with Gasteiger partial charge in [-0.1, -0.05) is 13.0 Å². The van der Waals surface area contributed by atoms with Crippen molar-refractivity contribution in [2.45, 2.75) is 13.3 Å². The van der Waals surface area contributed by atoms with E-state index >= 15 is 0 Å². The van der Waals surface area contributed by atoms with Crippen LogP contribution in [0.2, 0.25) is 0 Å². The summed E-state index contributed by atoms with van der Waals surface area (Å²) in [5.74, 6) is 0.462. The van der Waals surface area contributed by atoms with Gasteiger partial charge in [-0.3, -0.25) is 4.79 Å². The van der Waals surface area contributed by atoms with Gasteiger partial charge in [0.25, 0.3) is 5.91 Å². The number of carbonyl (C=O) groups is 1. The third kappa shape index (κ3) is 6.01. The van der Waals surface area contributed by atoms with Gasteiger partial charge in [0.2, 0.25) is 0 Å². The van der Waals surface area contributed by atoms with Crippen LogP contribution in [0.25, 0.3) is 5.82 Å². The summed E-state index contributed by atoms with van der Waals surface area (Å²) in [7, 11) is 0. The lowest BCUT2D eigenvalue weighted by molar-refractivity contribution is 0.0949. The number of halogens is 2. The summed E-state index contributed by atoms with van der Waals surface area (Å²) in [6.07, 6.45) is 4.55. The highest BCUT2D eigenvalue weighted by Gasteiger charge is 2.08. The monoisotopic (exact) mass is 345 g/mol. The van der Waals surface area contributed by atoms with E-state index in [-0.39, 0.29) is 30.7 Å². The number of aromatic nitrogens is 3. The van der Waals surface area contributed by atoms with Crippen molar-refractivity contribution in [1.82, 2.24) is 25.4 Å². The number of nitrogens with one attached hydrogen (secondary N) is 2. The fraction of sp³-hybridized carbons (Fsp3) is 0.357. The Morgan fingerprint density at radius 3 is 2.68 bits per heavy atom. The first-order valence-corrected chi connectivity index (χ1v) is 6.77. The summed E-state index contributed by atoms with van der Waals surface area (Å²) in [4.78, 5) is 16.3. The third-order valence-corrected chi connectivity index (χ3v) is 2.72. The minimum atomic E-state index is -0.169. The Morgan fingerprint density at radius 1 is 1.18 bits per heavy atom. The van der Waals surface area contributed by atoms with Crippen LogP contribution in [0.4, 0.5) is 0 Å². The Labute approximate surface area is 142 Å². The van der Waals surface area contributed by atoms with Gasteiger partial charge in [-0.05, 0) is 31.2 Å². The number of nitrogens with zero attached hydrogens (tertiary/aromatic N) is 3. The molecule has 22 heavy (non-hydrogen) atoms. The molecule has 0 saturated carbocycles. The van der Waals surface area contributed by atoms with Crippen molar-refractivity contribution in [2.24, 2.45) is 0 Å². The SMILES string of the molecule is CCCNCCNC(=O)c1cccc(-n2cccn2)n1.Cl.Cl. The average Bonchev–Trinajstić information content (AvgIpc) is 3.01. The van der Waals surface area contributed by atoms with Gasteiger partial charge in [-0.15, -0.1) is 24.8 Å². The lowest BCUT2D eigenvalue weighted by atomic mass is 10.3. The number of pyridine rings is 1. The predicted octanol–water partition coefficient (Wildman–Crippen LogP) is 1.84. The Balaban J connectivity index is 0.00000220. The maximum Gasteiger partial charge on any atom is 0.270 e. The topological polar surface area (TPSA) is 71.8 Å². The Morgan fingerprint density at radius 2 is 2.00 bits per heavy atom. The first-order valence-electron chi connectivity index (χ1n) is 6.77. The highest BCUT2D eigenvalue weighted by molar-refractivity contribution is 5.92. The molecule has 2 rings (SSSR count). The molecule has 0 aliphatic heterocycles. The standard InChI is InChI=1S/C14H19N5O.2ClH/c1-2-7-15-9-10-16-14(20)12-5-3-6-13(18-12)19-11-4-8-17-19;;/h3-6,8,11,15H,2,7,9-10H2,1H3,(H,16,20);2*1H. The predicted molar refractivity (Wildman–Crippen MR) is 91.3 cm³/mol. The smallest absolute Gasteiger partial charge is 0.270 e. The van der Waals surface area contributed by atoms with Crippen LogP contribution in [-0.2, 0) is 0 Å². The van der Waals surface area contributed by atoms with E-state index in [1.165, 1.54) is 0 Å². The van der Waals surface area contributed by atoms with Crippen molar-refractivity contribution in [3.63, 3.8) is 0 Å². The molecule has 0 saturated heterocycles. The lowest BCUT2D eigenvalue weighted by Gasteiger charge is -2.07. The van der Waals surface area contributed by atoms with Gasteiger partial charge < -0.3 is 10.6 Å². The first kappa shape index (κ1) is 20.4. The average molecular weight is 346 g/mol. The van der Waals surface area contributed by atoms with E-state index in [0.29, 0.717) is 18.1 Å². The van der Waals surface area contributed by atoms with Crippen molar-refractivity contribution in [3.8, 4) is 5.82 Å². The largest absolute Gasteiger partial charge is 0.349 e. The van der Waals surface area contributed by atoms with Crippen molar-refractivity contribution in [3.05, 3.63) is 42.4 Å². The minimum Gasteiger partial charge on any atom is -0.349 e. The highest BCUT2D eigenvalue weighted by Crippen LogP contribution is 2.04. The van der Waals surface area contributed by atoms with Gasteiger partial charge in [0.15, 0.2) is 5.82 Å². The van der Waals surface area contributed by atoms with E-state index in [2.05, 4.69) is 27.6 Å². The summed E-state index contributed by atoms with van der Waals surface area (Å²) in [6, 6.07) is 7.12.